The van der Waals surface area contributed by atoms with Crippen LogP contribution in [0.3, 0.4) is 0 Å². The topological polar surface area (TPSA) is 37.8 Å². The van der Waals surface area contributed by atoms with Crippen molar-refractivity contribution in [3.05, 3.63) is 11.1 Å². The number of nitrogens with zero attached hydrogens (tertiary/aromatic N) is 2. The van der Waals surface area contributed by atoms with Crippen molar-refractivity contribution in [2.24, 2.45) is 0 Å². The quantitative estimate of drug-likeness (QED) is 0.764. The van der Waals surface area contributed by atoms with Crippen molar-refractivity contribution >= 4 is 11.5 Å². The number of hydrogen-bond donors (Lipinski definition) is 1. The summed E-state index contributed by atoms with van der Waals surface area (Å²) in [7, 11) is 0. The molecule has 0 amide bonds. The van der Waals surface area contributed by atoms with Crippen molar-refractivity contribution in [3.63, 3.8) is 0 Å². The van der Waals surface area contributed by atoms with Gasteiger partial charge in [-0.2, -0.15) is 0 Å². The number of hydrogen-bond acceptors (Lipinski definition) is 4. The summed E-state index contributed by atoms with van der Waals surface area (Å²) < 4.78 is 3.89. The number of nitrogens with one attached hydrogen (secondary N) is 1. The molecule has 0 spiro atoms. The Morgan fingerprint density at radius 3 is 2.92 bits per heavy atom. The lowest BCUT2D eigenvalue weighted by Gasteiger charge is -2.13. The van der Waals surface area contributed by atoms with Crippen LogP contribution >= 0.6 is 11.5 Å². The van der Waals surface area contributed by atoms with Crippen LogP contribution in [0.25, 0.3) is 0 Å². The molecule has 13 heavy (non-hydrogen) atoms. The summed E-state index contributed by atoms with van der Waals surface area (Å²) in [5.41, 5.74) is 1.10. The van der Waals surface area contributed by atoms with Crippen molar-refractivity contribution in [3.8, 4) is 0 Å². The third kappa shape index (κ3) is 3.40. The lowest BCUT2D eigenvalue weighted by Crippen LogP contribution is -2.21. The summed E-state index contributed by atoms with van der Waals surface area (Å²) in [5, 5.41) is 9.55. The Balaban J connectivity index is 2.47. The van der Waals surface area contributed by atoms with Crippen LogP contribution in [0.4, 0.5) is 0 Å². The fourth-order valence-electron chi connectivity index (χ4n) is 1.33. The maximum Gasteiger partial charge on any atom is 0.0924 e. The van der Waals surface area contributed by atoms with Gasteiger partial charge in [0.2, 0.25) is 0 Å². The fourth-order valence-corrected chi connectivity index (χ4v) is 1.84. The summed E-state index contributed by atoms with van der Waals surface area (Å²) in [5.74, 6) is 0. The molecule has 0 radical (unpaired) electrons. The van der Waals surface area contributed by atoms with Crippen molar-refractivity contribution in [1.29, 1.82) is 0 Å². The number of rotatable bonds is 6. The van der Waals surface area contributed by atoms with Crippen LogP contribution in [-0.2, 0) is 0 Å². The molecule has 0 aliphatic carbocycles. The Morgan fingerprint density at radius 2 is 2.38 bits per heavy atom. The van der Waals surface area contributed by atoms with E-state index in [0.29, 0.717) is 6.04 Å². The van der Waals surface area contributed by atoms with Crippen LogP contribution in [0.2, 0.25) is 0 Å². The molecule has 0 aliphatic heterocycles. The molecular weight excluding hydrogens is 182 g/mol. The zero-order valence-electron chi connectivity index (χ0n) is 8.29. The summed E-state index contributed by atoms with van der Waals surface area (Å²) in [4.78, 5) is 0. The molecule has 0 aromatic carbocycles. The minimum Gasteiger partial charge on any atom is -0.309 e. The monoisotopic (exact) mass is 199 g/mol. The third-order valence-corrected chi connectivity index (χ3v) is 2.55. The van der Waals surface area contributed by atoms with E-state index in [4.69, 9.17) is 0 Å². The van der Waals surface area contributed by atoms with Gasteiger partial charge in [0.15, 0.2) is 0 Å². The highest BCUT2D eigenvalue weighted by atomic mass is 32.1. The van der Waals surface area contributed by atoms with Crippen LogP contribution < -0.4 is 5.32 Å². The molecule has 1 aromatic rings. The average molecular weight is 199 g/mol. The van der Waals surface area contributed by atoms with Crippen molar-refractivity contribution in [2.45, 2.75) is 39.2 Å². The minimum absolute atomic E-state index is 0.406. The highest BCUT2D eigenvalue weighted by molar-refractivity contribution is 7.03. The number of unbranched alkanes of at least 4 members (excludes halogenated alkanes) is 1. The SMILES string of the molecule is CCCCC(NCC)c1csnn1. The molecule has 4 heteroatoms. The first-order chi connectivity index (χ1) is 6.38. The molecule has 1 atom stereocenters. The molecular formula is C9H17N3S. The van der Waals surface area contributed by atoms with E-state index in [9.17, 15) is 0 Å². The highest BCUT2D eigenvalue weighted by Crippen LogP contribution is 2.17. The van der Waals surface area contributed by atoms with Crippen LogP contribution in [0.1, 0.15) is 44.8 Å². The average Bonchev–Trinajstić information content (AvgIpc) is 2.65. The zero-order valence-corrected chi connectivity index (χ0v) is 9.10. The third-order valence-electron chi connectivity index (χ3n) is 2.03. The van der Waals surface area contributed by atoms with Gasteiger partial charge < -0.3 is 5.32 Å². The van der Waals surface area contributed by atoms with E-state index in [-0.39, 0.29) is 0 Å². The second-order valence-corrected chi connectivity index (χ2v) is 3.69. The molecule has 74 valence electrons. The van der Waals surface area contributed by atoms with Gasteiger partial charge in [0, 0.05) is 5.38 Å². The normalized spacial score (nSPS) is 13.1. The van der Waals surface area contributed by atoms with E-state index >= 15 is 0 Å². The molecule has 0 aliphatic rings. The standard InChI is InChI=1S/C9H17N3S/c1-3-5-6-8(10-4-2)9-7-13-12-11-9/h7-8,10H,3-6H2,1-2H3. The summed E-state index contributed by atoms with van der Waals surface area (Å²) in [6.07, 6.45) is 3.64. The zero-order chi connectivity index (χ0) is 9.52. The van der Waals surface area contributed by atoms with Crippen LogP contribution in [0, 0.1) is 0 Å². The van der Waals surface area contributed by atoms with Crippen LogP contribution in [0.5, 0.6) is 0 Å². The lowest BCUT2D eigenvalue weighted by atomic mass is 10.1. The van der Waals surface area contributed by atoms with Gasteiger partial charge in [-0.05, 0) is 24.5 Å². The van der Waals surface area contributed by atoms with Crippen LogP contribution in [-0.4, -0.2) is 16.1 Å². The second-order valence-electron chi connectivity index (χ2n) is 3.08. The molecule has 0 saturated carbocycles. The molecule has 1 N–H and O–H groups in total. The summed E-state index contributed by atoms with van der Waals surface area (Å²) in [6.45, 7) is 5.33. The molecule has 1 unspecified atom stereocenters. The van der Waals surface area contributed by atoms with Gasteiger partial charge in [-0.25, -0.2) is 0 Å². The highest BCUT2D eigenvalue weighted by Gasteiger charge is 2.11. The predicted octanol–water partition coefficient (Wildman–Crippen LogP) is 2.38. The van der Waals surface area contributed by atoms with Crippen molar-refractivity contribution in [2.75, 3.05) is 6.54 Å². The maximum absolute atomic E-state index is 4.09. The number of aromatic nitrogens is 2. The van der Waals surface area contributed by atoms with Gasteiger partial charge in [0.1, 0.15) is 0 Å². The van der Waals surface area contributed by atoms with Gasteiger partial charge in [0.05, 0.1) is 11.7 Å². The first-order valence-electron chi connectivity index (χ1n) is 4.88. The Labute approximate surface area is 83.7 Å². The van der Waals surface area contributed by atoms with E-state index < -0.39 is 0 Å². The Hall–Kier alpha value is -0.480. The second kappa shape index (κ2) is 6.05. The van der Waals surface area contributed by atoms with Gasteiger partial charge in [-0.15, -0.1) is 5.10 Å². The maximum atomic E-state index is 4.09. The Kier molecular flexibility index (Phi) is 4.93. The molecule has 0 fully saturated rings. The lowest BCUT2D eigenvalue weighted by molar-refractivity contribution is 0.484. The Morgan fingerprint density at radius 1 is 1.54 bits per heavy atom. The Bertz CT molecular complexity index is 211. The van der Waals surface area contributed by atoms with E-state index in [1.54, 1.807) is 0 Å². The molecule has 1 rings (SSSR count). The molecule has 1 heterocycles. The van der Waals surface area contributed by atoms with Gasteiger partial charge in [0.25, 0.3) is 0 Å². The minimum atomic E-state index is 0.406. The van der Waals surface area contributed by atoms with Crippen molar-refractivity contribution in [1.82, 2.24) is 14.9 Å². The first kappa shape index (κ1) is 10.6. The smallest absolute Gasteiger partial charge is 0.0924 e. The molecule has 3 nitrogen and oxygen atoms in total. The largest absolute Gasteiger partial charge is 0.309 e. The van der Waals surface area contributed by atoms with Crippen LogP contribution in [0.15, 0.2) is 5.38 Å². The van der Waals surface area contributed by atoms with Gasteiger partial charge in [-0.3, -0.25) is 0 Å². The fraction of sp³-hybridized carbons (Fsp3) is 0.778. The summed E-state index contributed by atoms with van der Waals surface area (Å²) in [6, 6.07) is 0.406. The van der Waals surface area contributed by atoms with Gasteiger partial charge >= 0.3 is 0 Å². The predicted molar refractivity (Wildman–Crippen MR) is 55.9 cm³/mol. The van der Waals surface area contributed by atoms with E-state index in [0.717, 1.165) is 18.7 Å². The van der Waals surface area contributed by atoms with Gasteiger partial charge in [-0.1, -0.05) is 31.2 Å². The molecule has 0 saturated heterocycles. The molecule has 0 bridgehead atoms. The molecule has 1 aromatic heterocycles. The first-order valence-corrected chi connectivity index (χ1v) is 5.72. The van der Waals surface area contributed by atoms with Crippen molar-refractivity contribution < 1.29 is 0 Å². The summed E-state index contributed by atoms with van der Waals surface area (Å²) >= 11 is 1.43. The van der Waals surface area contributed by atoms with E-state index in [1.165, 1.54) is 24.4 Å². The van der Waals surface area contributed by atoms with E-state index in [1.807, 2.05) is 5.38 Å². The van der Waals surface area contributed by atoms with E-state index in [2.05, 4.69) is 28.8 Å².